The molecular weight excluding hydrogens is 216 g/mol. The van der Waals surface area contributed by atoms with E-state index >= 15 is 0 Å². The molecule has 3 N–H and O–H groups in total. The summed E-state index contributed by atoms with van der Waals surface area (Å²) < 4.78 is 0. The number of carboxylic acid groups (broad SMARTS) is 2. The minimum absolute atomic E-state index is 0.0168. The van der Waals surface area contributed by atoms with Crippen LogP contribution in [0.1, 0.15) is 12.8 Å². The maximum Gasteiger partial charge on any atom is 0.407 e. The fraction of sp³-hybridized carbons (Fsp3) is 0.778. The molecule has 0 saturated carbocycles. The smallest absolute Gasteiger partial charge is 0.407 e. The van der Waals surface area contributed by atoms with Crippen molar-refractivity contribution in [2.75, 3.05) is 26.2 Å². The Bertz CT molecular complexity index is 271. The van der Waals surface area contributed by atoms with Crippen LogP contribution in [0.4, 0.5) is 9.59 Å². The van der Waals surface area contributed by atoms with Gasteiger partial charge in [0.25, 0.3) is 0 Å². The number of piperazine rings is 1. The fourth-order valence-electron chi connectivity index (χ4n) is 1.85. The van der Waals surface area contributed by atoms with Crippen LogP contribution < -0.4 is 0 Å². The molecule has 0 spiro atoms. The highest BCUT2D eigenvalue weighted by molar-refractivity contribution is 5.68. The number of rotatable bonds is 3. The standard InChI is InChI=1S/C9H16N2O5/c12-5-1-2-7-6-10(8(13)14)3-4-11(7)9(15)16/h7,12H,1-6H2,(H,13,14)(H,15,16)/t7-/m1/s1. The highest BCUT2D eigenvalue weighted by Gasteiger charge is 2.31. The van der Waals surface area contributed by atoms with E-state index in [0.29, 0.717) is 12.8 Å². The minimum atomic E-state index is -1.03. The number of aliphatic hydroxyl groups excluding tert-OH is 1. The van der Waals surface area contributed by atoms with Gasteiger partial charge >= 0.3 is 12.2 Å². The van der Waals surface area contributed by atoms with E-state index in [1.807, 2.05) is 0 Å². The summed E-state index contributed by atoms with van der Waals surface area (Å²) in [5, 5.41) is 26.4. The normalized spacial score (nSPS) is 20.9. The van der Waals surface area contributed by atoms with Gasteiger partial charge in [0.05, 0.1) is 6.04 Å². The Labute approximate surface area is 92.9 Å². The molecule has 7 heteroatoms. The van der Waals surface area contributed by atoms with E-state index in [9.17, 15) is 9.59 Å². The van der Waals surface area contributed by atoms with Crippen molar-refractivity contribution in [3.05, 3.63) is 0 Å². The Kier molecular flexibility index (Phi) is 4.36. The van der Waals surface area contributed by atoms with Gasteiger partial charge in [0, 0.05) is 26.2 Å². The zero-order valence-electron chi connectivity index (χ0n) is 8.87. The van der Waals surface area contributed by atoms with E-state index < -0.39 is 12.2 Å². The van der Waals surface area contributed by atoms with E-state index in [1.165, 1.54) is 9.80 Å². The van der Waals surface area contributed by atoms with Gasteiger partial charge in [-0.2, -0.15) is 0 Å². The first-order chi connectivity index (χ1) is 7.56. The first-order valence-electron chi connectivity index (χ1n) is 5.14. The Morgan fingerprint density at radius 1 is 1.19 bits per heavy atom. The molecule has 1 aliphatic rings. The first-order valence-corrected chi connectivity index (χ1v) is 5.14. The molecule has 2 amide bonds. The van der Waals surface area contributed by atoms with E-state index in [0.717, 1.165) is 0 Å². The van der Waals surface area contributed by atoms with Crippen LogP contribution in [0.3, 0.4) is 0 Å². The third kappa shape index (κ3) is 2.99. The van der Waals surface area contributed by atoms with Crippen LogP contribution in [0.5, 0.6) is 0 Å². The maximum atomic E-state index is 10.9. The first kappa shape index (κ1) is 12.6. The number of carbonyl (C=O) groups is 2. The zero-order chi connectivity index (χ0) is 12.1. The van der Waals surface area contributed by atoms with Crippen molar-refractivity contribution in [2.24, 2.45) is 0 Å². The lowest BCUT2D eigenvalue weighted by Gasteiger charge is -2.38. The second-order valence-corrected chi connectivity index (χ2v) is 3.72. The van der Waals surface area contributed by atoms with Crippen LogP contribution >= 0.6 is 0 Å². The van der Waals surface area contributed by atoms with Crippen LogP contribution in [0.25, 0.3) is 0 Å². The third-order valence-electron chi connectivity index (χ3n) is 2.69. The van der Waals surface area contributed by atoms with Gasteiger partial charge in [-0.25, -0.2) is 9.59 Å². The second kappa shape index (κ2) is 5.55. The van der Waals surface area contributed by atoms with E-state index in [4.69, 9.17) is 15.3 Å². The number of hydrogen-bond acceptors (Lipinski definition) is 3. The Morgan fingerprint density at radius 2 is 1.88 bits per heavy atom. The van der Waals surface area contributed by atoms with Crippen LogP contribution in [-0.2, 0) is 0 Å². The molecule has 0 aromatic heterocycles. The number of amides is 2. The Balaban J connectivity index is 2.61. The summed E-state index contributed by atoms with van der Waals surface area (Å²) in [6.07, 6.45) is -1.11. The summed E-state index contributed by atoms with van der Waals surface area (Å²) in [4.78, 5) is 24.1. The molecule has 0 aliphatic carbocycles. The van der Waals surface area contributed by atoms with E-state index in [-0.39, 0.29) is 32.3 Å². The van der Waals surface area contributed by atoms with Gasteiger partial charge in [-0.3, -0.25) is 0 Å². The predicted molar refractivity (Wildman–Crippen MR) is 54.4 cm³/mol. The molecule has 0 aromatic rings. The Hall–Kier alpha value is -1.50. The molecule has 1 heterocycles. The van der Waals surface area contributed by atoms with Gasteiger partial charge in [0.2, 0.25) is 0 Å². The zero-order valence-corrected chi connectivity index (χ0v) is 8.87. The molecule has 1 rings (SSSR count). The molecule has 92 valence electrons. The molecule has 1 atom stereocenters. The van der Waals surface area contributed by atoms with Gasteiger partial charge in [-0.1, -0.05) is 0 Å². The highest BCUT2D eigenvalue weighted by Crippen LogP contribution is 2.14. The summed E-state index contributed by atoms with van der Waals surface area (Å²) in [5.41, 5.74) is 0. The van der Waals surface area contributed by atoms with Crippen LogP contribution in [-0.4, -0.2) is 69.6 Å². The summed E-state index contributed by atoms with van der Waals surface area (Å²) >= 11 is 0. The number of aliphatic hydroxyl groups is 1. The van der Waals surface area contributed by atoms with Crippen molar-refractivity contribution in [3.8, 4) is 0 Å². The van der Waals surface area contributed by atoms with Crippen LogP contribution in [0.15, 0.2) is 0 Å². The average Bonchev–Trinajstić information content (AvgIpc) is 2.25. The maximum absolute atomic E-state index is 10.9. The monoisotopic (exact) mass is 232 g/mol. The quantitative estimate of drug-likeness (QED) is 0.640. The van der Waals surface area contributed by atoms with Crippen molar-refractivity contribution in [1.29, 1.82) is 0 Å². The minimum Gasteiger partial charge on any atom is -0.465 e. The summed E-state index contributed by atoms with van der Waals surface area (Å²) in [6.45, 7) is 0.563. The SMILES string of the molecule is O=C(O)N1CCN(C(=O)O)[C@H](CCCO)C1. The van der Waals surface area contributed by atoms with E-state index in [2.05, 4.69) is 0 Å². The molecular formula is C9H16N2O5. The molecule has 1 fully saturated rings. The predicted octanol–water partition coefficient (Wildman–Crippen LogP) is 0.101. The van der Waals surface area contributed by atoms with Crippen molar-refractivity contribution < 1.29 is 24.9 Å². The van der Waals surface area contributed by atoms with Crippen molar-refractivity contribution in [3.63, 3.8) is 0 Å². The highest BCUT2D eigenvalue weighted by atomic mass is 16.4. The fourth-order valence-corrected chi connectivity index (χ4v) is 1.85. The largest absolute Gasteiger partial charge is 0.465 e. The van der Waals surface area contributed by atoms with Crippen molar-refractivity contribution in [2.45, 2.75) is 18.9 Å². The molecule has 7 nitrogen and oxygen atoms in total. The third-order valence-corrected chi connectivity index (χ3v) is 2.69. The van der Waals surface area contributed by atoms with Gasteiger partial charge in [0.15, 0.2) is 0 Å². The van der Waals surface area contributed by atoms with Crippen molar-refractivity contribution in [1.82, 2.24) is 9.80 Å². The lowest BCUT2D eigenvalue weighted by atomic mass is 10.1. The Morgan fingerprint density at radius 3 is 2.38 bits per heavy atom. The van der Waals surface area contributed by atoms with Gasteiger partial charge < -0.3 is 25.1 Å². The molecule has 1 saturated heterocycles. The van der Waals surface area contributed by atoms with Gasteiger partial charge in [0.1, 0.15) is 0 Å². The van der Waals surface area contributed by atoms with Gasteiger partial charge in [-0.05, 0) is 12.8 Å². The summed E-state index contributed by atoms with van der Waals surface area (Å²) in [6, 6.07) is -0.352. The number of nitrogens with zero attached hydrogens (tertiary/aromatic N) is 2. The molecule has 1 aliphatic heterocycles. The molecule has 0 bridgehead atoms. The van der Waals surface area contributed by atoms with Crippen molar-refractivity contribution >= 4 is 12.2 Å². The summed E-state index contributed by atoms with van der Waals surface area (Å²) in [5.74, 6) is 0. The van der Waals surface area contributed by atoms with Gasteiger partial charge in [-0.15, -0.1) is 0 Å². The molecule has 0 unspecified atom stereocenters. The van der Waals surface area contributed by atoms with Crippen LogP contribution in [0, 0.1) is 0 Å². The lowest BCUT2D eigenvalue weighted by molar-refractivity contribution is 0.0587. The topological polar surface area (TPSA) is 101 Å². The lowest BCUT2D eigenvalue weighted by Crippen LogP contribution is -2.56. The van der Waals surface area contributed by atoms with Crippen LogP contribution in [0.2, 0.25) is 0 Å². The number of hydrogen-bond donors (Lipinski definition) is 3. The van der Waals surface area contributed by atoms with E-state index in [1.54, 1.807) is 0 Å². The molecule has 16 heavy (non-hydrogen) atoms. The molecule has 0 radical (unpaired) electrons. The summed E-state index contributed by atoms with van der Waals surface area (Å²) in [7, 11) is 0. The molecule has 0 aromatic carbocycles. The second-order valence-electron chi connectivity index (χ2n) is 3.72. The average molecular weight is 232 g/mol.